The lowest BCUT2D eigenvalue weighted by Gasteiger charge is -2.39. The van der Waals surface area contributed by atoms with E-state index < -0.39 is 23.8 Å². The van der Waals surface area contributed by atoms with Crippen molar-refractivity contribution in [2.24, 2.45) is 0 Å². The van der Waals surface area contributed by atoms with Gasteiger partial charge >= 0.3 is 12.1 Å². The third-order valence-electron chi connectivity index (χ3n) is 3.53. The summed E-state index contributed by atoms with van der Waals surface area (Å²) in [4.78, 5) is 12.4. The largest absolute Gasteiger partial charge is 0.486 e. The summed E-state index contributed by atoms with van der Waals surface area (Å²) in [5.74, 6) is -0.937. The maximum absolute atomic E-state index is 12.9. The number of alkyl halides is 3. The van der Waals surface area contributed by atoms with E-state index in [0.717, 1.165) is 6.07 Å². The molecule has 9 heteroatoms. The zero-order chi connectivity index (χ0) is 17.3. The number of para-hydroxylation sites is 1. The number of aromatic carboxylic acids is 1. The lowest BCUT2D eigenvalue weighted by Crippen LogP contribution is -2.54. The van der Waals surface area contributed by atoms with E-state index >= 15 is 0 Å². The number of aromatic nitrogens is 2. The molecule has 24 heavy (non-hydrogen) atoms. The summed E-state index contributed by atoms with van der Waals surface area (Å²) in [6, 6.07) is 7.86. The summed E-state index contributed by atoms with van der Waals surface area (Å²) in [6.07, 6.45) is -4.88. The highest BCUT2D eigenvalue weighted by molar-refractivity contribution is 5.85. The van der Waals surface area contributed by atoms with E-state index in [-0.39, 0.29) is 11.4 Å². The Morgan fingerprint density at radius 3 is 2.46 bits per heavy atom. The zero-order valence-corrected chi connectivity index (χ0v) is 12.2. The van der Waals surface area contributed by atoms with Gasteiger partial charge in [0.1, 0.15) is 11.9 Å². The summed E-state index contributed by atoms with van der Waals surface area (Å²) >= 11 is 0. The molecule has 1 aliphatic rings. The molecule has 1 fully saturated rings. The summed E-state index contributed by atoms with van der Waals surface area (Å²) in [5.41, 5.74) is -0.986. The molecule has 0 saturated carbocycles. The smallest absolute Gasteiger partial charge is 0.419 e. The number of nitrogens with zero attached hydrogens (tertiary/aromatic N) is 3. The molecule has 1 aliphatic heterocycles. The van der Waals surface area contributed by atoms with Gasteiger partial charge in [-0.05, 0) is 24.3 Å². The number of rotatable bonds is 4. The summed E-state index contributed by atoms with van der Waals surface area (Å²) in [6.45, 7) is 0.681. The standard InChI is InChI=1S/C15H12F3N3O3/c16-15(17,18)10-3-1-2-4-12(10)24-9-7-21(8-9)13-6-5-11(14(22)23)19-20-13/h1-6,9H,7-8H2,(H,22,23). The fourth-order valence-corrected chi connectivity index (χ4v) is 2.29. The van der Waals surface area contributed by atoms with Crippen molar-refractivity contribution in [3.63, 3.8) is 0 Å². The van der Waals surface area contributed by atoms with Crippen LogP contribution in [0.1, 0.15) is 16.1 Å². The third-order valence-corrected chi connectivity index (χ3v) is 3.53. The molecule has 1 saturated heterocycles. The van der Waals surface area contributed by atoms with Gasteiger partial charge < -0.3 is 14.7 Å². The molecule has 0 amide bonds. The van der Waals surface area contributed by atoms with Crippen LogP contribution in [0.5, 0.6) is 5.75 Å². The van der Waals surface area contributed by atoms with Gasteiger partial charge in [0.2, 0.25) is 0 Å². The second-order valence-electron chi connectivity index (χ2n) is 5.22. The molecule has 2 aromatic rings. The second-order valence-corrected chi connectivity index (χ2v) is 5.22. The Morgan fingerprint density at radius 2 is 1.88 bits per heavy atom. The number of halogens is 3. The SMILES string of the molecule is O=C(O)c1ccc(N2CC(Oc3ccccc3C(F)(F)F)C2)nn1. The second kappa shape index (κ2) is 5.99. The zero-order valence-electron chi connectivity index (χ0n) is 12.2. The van der Waals surface area contributed by atoms with Gasteiger partial charge in [-0.25, -0.2) is 4.79 Å². The Balaban J connectivity index is 1.63. The first kappa shape index (κ1) is 16.0. The number of carboxylic acids is 1. The molecule has 126 valence electrons. The predicted octanol–water partition coefficient (Wildman–Crippen LogP) is 2.46. The molecule has 2 heterocycles. The normalized spacial score (nSPS) is 15.0. The van der Waals surface area contributed by atoms with Crippen LogP contribution in [-0.2, 0) is 6.18 Å². The van der Waals surface area contributed by atoms with E-state index in [1.807, 2.05) is 0 Å². The molecule has 0 aliphatic carbocycles. The van der Waals surface area contributed by atoms with Crippen LogP contribution >= 0.6 is 0 Å². The van der Waals surface area contributed by atoms with E-state index in [1.165, 1.54) is 30.3 Å². The molecule has 1 aromatic carbocycles. The summed E-state index contributed by atoms with van der Waals surface area (Å²) in [7, 11) is 0. The Morgan fingerprint density at radius 1 is 1.17 bits per heavy atom. The number of hydrogen-bond acceptors (Lipinski definition) is 5. The van der Waals surface area contributed by atoms with Crippen LogP contribution in [0.2, 0.25) is 0 Å². The maximum atomic E-state index is 12.9. The minimum absolute atomic E-state index is 0.175. The van der Waals surface area contributed by atoms with Gasteiger partial charge in [0.05, 0.1) is 18.7 Å². The van der Waals surface area contributed by atoms with Crippen LogP contribution in [0.4, 0.5) is 19.0 Å². The average Bonchev–Trinajstić information content (AvgIpc) is 2.50. The van der Waals surface area contributed by atoms with Crippen molar-refractivity contribution in [1.82, 2.24) is 10.2 Å². The molecule has 0 bridgehead atoms. The highest BCUT2D eigenvalue weighted by Crippen LogP contribution is 2.37. The molecular weight excluding hydrogens is 327 g/mol. The van der Waals surface area contributed by atoms with Crippen LogP contribution < -0.4 is 9.64 Å². The van der Waals surface area contributed by atoms with Crippen molar-refractivity contribution in [3.05, 3.63) is 47.7 Å². The lowest BCUT2D eigenvalue weighted by atomic mass is 10.1. The van der Waals surface area contributed by atoms with Crippen molar-refractivity contribution in [2.75, 3.05) is 18.0 Å². The average molecular weight is 339 g/mol. The fourth-order valence-electron chi connectivity index (χ4n) is 2.29. The Bertz CT molecular complexity index is 744. The van der Waals surface area contributed by atoms with Gasteiger partial charge in [0.25, 0.3) is 0 Å². The minimum Gasteiger partial charge on any atom is -0.486 e. The van der Waals surface area contributed by atoms with Crippen LogP contribution in [0.25, 0.3) is 0 Å². The molecule has 0 atom stereocenters. The molecule has 6 nitrogen and oxygen atoms in total. The van der Waals surface area contributed by atoms with Crippen molar-refractivity contribution in [1.29, 1.82) is 0 Å². The molecule has 0 spiro atoms. The molecule has 1 aromatic heterocycles. The molecular formula is C15H12F3N3O3. The molecule has 3 rings (SSSR count). The number of anilines is 1. The number of ether oxygens (including phenoxy) is 1. The van der Waals surface area contributed by atoms with Gasteiger partial charge in [-0.2, -0.15) is 13.2 Å². The Labute approximate surface area is 134 Å². The van der Waals surface area contributed by atoms with Crippen LogP contribution in [-0.4, -0.2) is 40.5 Å². The van der Waals surface area contributed by atoms with Gasteiger partial charge in [0.15, 0.2) is 11.5 Å². The van der Waals surface area contributed by atoms with Gasteiger partial charge in [-0.1, -0.05) is 12.1 Å². The van der Waals surface area contributed by atoms with E-state index in [4.69, 9.17) is 9.84 Å². The van der Waals surface area contributed by atoms with Crippen molar-refractivity contribution < 1.29 is 27.8 Å². The van der Waals surface area contributed by atoms with E-state index in [9.17, 15) is 18.0 Å². The van der Waals surface area contributed by atoms with Crippen molar-refractivity contribution in [3.8, 4) is 5.75 Å². The maximum Gasteiger partial charge on any atom is 0.419 e. The van der Waals surface area contributed by atoms with Crippen LogP contribution in [0.15, 0.2) is 36.4 Å². The lowest BCUT2D eigenvalue weighted by molar-refractivity contribution is -0.139. The minimum atomic E-state index is -4.47. The molecule has 0 radical (unpaired) electrons. The van der Waals surface area contributed by atoms with Crippen LogP contribution in [0, 0.1) is 0 Å². The quantitative estimate of drug-likeness (QED) is 0.922. The van der Waals surface area contributed by atoms with E-state index in [0.29, 0.717) is 18.9 Å². The molecule has 0 unspecified atom stereocenters. The van der Waals surface area contributed by atoms with Crippen molar-refractivity contribution >= 4 is 11.8 Å². The highest BCUT2D eigenvalue weighted by Gasteiger charge is 2.36. The third kappa shape index (κ3) is 3.24. The summed E-state index contributed by atoms with van der Waals surface area (Å²) in [5, 5.41) is 16.1. The number of hydrogen-bond donors (Lipinski definition) is 1. The number of carbonyl (C=O) groups is 1. The van der Waals surface area contributed by atoms with Crippen molar-refractivity contribution in [2.45, 2.75) is 12.3 Å². The monoisotopic (exact) mass is 339 g/mol. The van der Waals surface area contributed by atoms with E-state index in [1.54, 1.807) is 4.90 Å². The number of carboxylic acid groups (broad SMARTS) is 1. The van der Waals surface area contributed by atoms with E-state index in [2.05, 4.69) is 10.2 Å². The summed E-state index contributed by atoms with van der Waals surface area (Å²) < 4.78 is 44.1. The van der Waals surface area contributed by atoms with Gasteiger partial charge in [0, 0.05) is 0 Å². The first-order chi connectivity index (χ1) is 11.3. The first-order valence-corrected chi connectivity index (χ1v) is 6.99. The first-order valence-electron chi connectivity index (χ1n) is 6.99. The van der Waals surface area contributed by atoms with Gasteiger partial charge in [-0.3, -0.25) is 0 Å². The number of benzene rings is 1. The molecule has 1 N–H and O–H groups in total. The van der Waals surface area contributed by atoms with Crippen LogP contribution in [0.3, 0.4) is 0 Å². The Kier molecular flexibility index (Phi) is 4.00. The fraction of sp³-hybridized carbons (Fsp3) is 0.267. The topological polar surface area (TPSA) is 75.5 Å². The predicted molar refractivity (Wildman–Crippen MR) is 77.1 cm³/mol. The van der Waals surface area contributed by atoms with Gasteiger partial charge in [-0.15, -0.1) is 10.2 Å². The highest BCUT2D eigenvalue weighted by atomic mass is 19.4. The Hall–Kier alpha value is -2.84.